The molecule has 7 heteroatoms. The maximum absolute atomic E-state index is 12.6. The smallest absolute Gasteiger partial charge is 0.251 e. The molecule has 1 amide bonds. The molecule has 0 aromatic heterocycles. The fourth-order valence-corrected chi connectivity index (χ4v) is 4.95. The van der Waals surface area contributed by atoms with Gasteiger partial charge in [0.2, 0.25) is 10.0 Å². The van der Waals surface area contributed by atoms with Crippen LogP contribution in [0.1, 0.15) is 61.0 Å². The molecule has 3 aromatic carbocycles. The van der Waals surface area contributed by atoms with Gasteiger partial charge in [0.25, 0.3) is 5.91 Å². The van der Waals surface area contributed by atoms with Gasteiger partial charge in [-0.1, -0.05) is 75.6 Å². The third-order valence-corrected chi connectivity index (χ3v) is 7.55. The highest BCUT2D eigenvalue weighted by atomic mass is 32.2. The first-order valence-corrected chi connectivity index (χ1v) is 14.8. The van der Waals surface area contributed by atoms with Gasteiger partial charge in [0.1, 0.15) is 12.4 Å². The molecule has 198 valence electrons. The molecule has 6 nitrogen and oxygen atoms in total. The maximum Gasteiger partial charge on any atom is 0.251 e. The number of anilines is 1. The summed E-state index contributed by atoms with van der Waals surface area (Å²) in [5.74, 6) is 1.05. The van der Waals surface area contributed by atoms with E-state index >= 15 is 0 Å². The van der Waals surface area contributed by atoms with Crippen molar-refractivity contribution >= 4 is 21.6 Å². The van der Waals surface area contributed by atoms with Gasteiger partial charge in [0.05, 0.1) is 18.5 Å². The monoisotopic (exact) mass is 522 g/mol. The predicted octanol–water partition coefficient (Wildman–Crippen LogP) is 6.18. The summed E-state index contributed by atoms with van der Waals surface area (Å²) in [6.45, 7) is 5.60. The van der Waals surface area contributed by atoms with Gasteiger partial charge >= 0.3 is 0 Å². The molecule has 0 heterocycles. The lowest BCUT2D eigenvalue weighted by molar-refractivity contribution is 0.0946. The van der Waals surface area contributed by atoms with E-state index in [0.717, 1.165) is 30.4 Å². The first kappa shape index (κ1) is 28.3. The first-order valence-electron chi connectivity index (χ1n) is 12.9. The number of carbonyl (C=O) groups excluding carboxylic acids is 1. The largest absolute Gasteiger partial charge is 0.489 e. The molecule has 1 atom stereocenters. The molecule has 0 aliphatic carbocycles. The van der Waals surface area contributed by atoms with Gasteiger partial charge < -0.3 is 10.1 Å². The molecule has 37 heavy (non-hydrogen) atoms. The number of sulfonamides is 1. The minimum Gasteiger partial charge on any atom is -0.489 e. The molecule has 0 saturated carbocycles. The number of hydrogen-bond acceptors (Lipinski definition) is 4. The summed E-state index contributed by atoms with van der Waals surface area (Å²) in [5, 5.41) is 3.04. The maximum atomic E-state index is 12.6. The van der Waals surface area contributed by atoms with Crippen LogP contribution in [0, 0.1) is 5.92 Å². The summed E-state index contributed by atoms with van der Waals surface area (Å²) in [6, 6.07) is 24.0. The minimum atomic E-state index is -3.53. The molecule has 0 radical (unpaired) electrons. The van der Waals surface area contributed by atoms with Crippen molar-refractivity contribution in [2.45, 2.75) is 52.7 Å². The van der Waals surface area contributed by atoms with E-state index in [0.29, 0.717) is 36.1 Å². The predicted molar refractivity (Wildman–Crippen MR) is 150 cm³/mol. The third kappa shape index (κ3) is 8.93. The Balaban J connectivity index is 1.62. The molecular weight excluding hydrogens is 484 g/mol. The van der Waals surface area contributed by atoms with E-state index in [1.165, 1.54) is 17.0 Å². The molecular formula is C30H38N2O4S. The van der Waals surface area contributed by atoms with Gasteiger partial charge in [-0.2, -0.15) is 0 Å². The summed E-state index contributed by atoms with van der Waals surface area (Å²) < 4.78 is 32.4. The standard InChI is InChI=1S/C30H38N2O4S/c1-4-6-10-24(5-2)21-31-30(33)27-15-13-25(14-16-27)22-32(37(3,34)35)28-17-19-29(20-18-28)36-23-26-11-8-7-9-12-26/h7-9,11-20,24H,4-6,10,21-23H2,1-3H3,(H,31,33)/t24-/m0/s1. The van der Waals surface area contributed by atoms with Crippen molar-refractivity contribution in [2.24, 2.45) is 5.92 Å². The Labute approximate surface area is 221 Å². The normalized spacial score (nSPS) is 12.1. The summed E-state index contributed by atoms with van der Waals surface area (Å²) in [7, 11) is -3.53. The summed E-state index contributed by atoms with van der Waals surface area (Å²) >= 11 is 0. The first-order chi connectivity index (χ1) is 17.8. The van der Waals surface area contributed by atoms with E-state index in [1.54, 1.807) is 48.5 Å². The molecule has 0 fully saturated rings. The van der Waals surface area contributed by atoms with Crippen LogP contribution in [0.15, 0.2) is 78.9 Å². The van der Waals surface area contributed by atoms with E-state index in [-0.39, 0.29) is 12.5 Å². The third-order valence-electron chi connectivity index (χ3n) is 6.41. The number of carbonyl (C=O) groups is 1. The average molecular weight is 523 g/mol. The van der Waals surface area contributed by atoms with Crippen LogP contribution in [0.4, 0.5) is 5.69 Å². The number of rotatable bonds is 14. The number of benzene rings is 3. The van der Waals surface area contributed by atoms with Crippen molar-refractivity contribution < 1.29 is 17.9 Å². The lowest BCUT2D eigenvalue weighted by atomic mass is 9.99. The summed E-state index contributed by atoms with van der Waals surface area (Å²) in [5.41, 5.74) is 2.97. The second kappa shape index (κ2) is 13.8. The Bertz CT molecular complexity index is 1210. The van der Waals surface area contributed by atoms with Crippen LogP contribution >= 0.6 is 0 Å². The van der Waals surface area contributed by atoms with Gasteiger partial charge in [-0.25, -0.2) is 8.42 Å². The highest BCUT2D eigenvalue weighted by Crippen LogP contribution is 2.24. The highest BCUT2D eigenvalue weighted by Gasteiger charge is 2.18. The molecule has 1 N–H and O–H groups in total. The quantitative estimate of drug-likeness (QED) is 0.274. The topological polar surface area (TPSA) is 75.7 Å². The fourth-order valence-electron chi connectivity index (χ4n) is 4.06. The van der Waals surface area contributed by atoms with Crippen LogP contribution in [0.3, 0.4) is 0 Å². The SMILES string of the molecule is CCCC[C@H](CC)CNC(=O)c1ccc(CN(c2ccc(OCc3ccccc3)cc2)S(C)(=O)=O)cc1. The zero-order chi connectivity index (χ0) is 26.7. The highest BCUT2D eigenvalue weighted by molar-refractivity contribution is 7.92. The number of nitrogens with one attached hydrogen (secondary N) is 1. The molecule has 0 unspecified atom stereocenters. The van der Waals surface area contributed by atoms with Crippen LogP contribution in [0.5, 0.6) is 5.75 Å². The van der Waals surface area contributed by atoms with Crippen molar-refractivity contribution in [1.29, 1.82) is 0 Å². The van der Waals surface area contributed by atoms with E-state index in [2.05, 4.69) is 19.2 Å². The van der Waals surface area contributed by atoms with E-state index < -0.39 is 10.0 Å². The van der Waals surface area contributed by atoms with Crippen molar-refractivity contribution in [2.75, 3.05) is 17.1 Å². The van der Waals surface area contributed by atoms with Crippen molar-refractivity contribution in [1.82, 2.24) is 5.32 Å². The van der Waals surface area contributed by atoms with Gasteiger partial charge in [-0.3, -0.25) is 9.10 Å². The Morgan fingerprint density at radius 1 is 0.919 bits per heavy atom. The number of ether oxygens (including phenoxy) is 1. The second-order valence-electron chi connectivity index (χ2n) is 9.36. The second-order valence-corrected chi connectivity index (χ2v) is 11.3. The van der Waals surface area contributed by atoms with E-state index in [4.69, 9.17) is 4.74 Å². The number of hydrogen-bond donors (Lipinski definition) is 1. The van der Waals surface area contributed by atoms with E-state index in [9.17, 15) is 13.2 Å². The van der Waals surface area contributed by atoms with Gasteiger partial charge in [0.15, 0.2) is 0 Å². The van der Waals surface area contributed by atoms with Crippen molar-refractivity contribution in [3.05, 3.63) is 95.6 Å². The van der Waals surface area contributed by atoms with Crippen LogP contribution in [-0.4, -0.2) is 27.1 Å². The number of unbranched alkanes of at least 4 members (excludes halogenated alkanes) is 1. The van der Waals surface area contributed by atoms with Gasteiger partial charge in [-0.15, -0.1) is 0 Å². The number of amides is 1. The Morgan fingerprint density at radius 2 is 1.59 bits per heavy atom. The average Bonchev–Trinajstić information content (AvgIpc) is 2.91. The molecule has 3 rings (SSSR count). The Morgan fingerprint density at radius 3 is 2.19 bits per heavy atom. The summed E-state index contributed by atoms with van der Waals surface area (Å²) in [6.07, 6.45) is 5.68. The fraction of sp³-hybridized carbons (Fsp3) is 0.367. The van der Waals surface area contributed by atoms with Crippen LogP contribution in [0.2, 0.25) is 0 Å². The zero-order valence-corrected chi connectivity index (χ0v) is 22.8. The van der Waals surface area contributed by atoms with Gasteiger partial charge in [0, 0.05) is 12.1 Å². The lowest BCUT2D eigenvalue weighted by Crippen LogP contribution is -2.30. The van der Waals surface area contributed by atoms with Crippen LogP contribution in [0.25, 0.3) is 0 Å². The molecule has 0 saturated heterocycles. The van der Waals surface area contributed by atoms with E-state index in [1.807, 2.05) is 30.3 Å². The lowest BCUT2D eigenvalue weighted by Gasteiger charge is -2.23. The van der Waals surface area contributed by atoms with Crippen molar-refractivity contribution in [3.63, 3.8) is 0 Å². The molecule has 0 bridgehead atoms. The molecule has 0 spiro atoms. The zero-order valence-electron chi connectivity index (χ0n) is 22.0. The van der Waals surface area contributed by atoms with Crippen molar-refractivity contribution in [3.8, 4) is 5.75 Å². The molecule has 0 aliphatic heterocycles. The van der Waals surface area contributed by atoms with Crippen LogP contribution in [-0.2, 0) is 23.2 Å². The Hall–Kier alpha value is -3.32. The van der Waals surface area contributed by atoms with Gasteiger partial charge in [-0.05, 0) is 59.9 Å². The minimum absolute atomic E-state index is 0.104. The summed E-state index contributed by atoms with van der Waals surface area (Å²) in [4.78, 5) is 12.6. The van der Waals surface area contributed by atoms with Crippen LogP contribution < -0.4 is 14.4 Å². The molecule has 0 aliphatic rings. The number of nitrogens with zero attached hydrogens (tertiary/aromatic N) is 1. The Kier molecular flexibility index (Phi) is 10.6. The molecule has 3 aromatic rings.